The van der Waals surface area contributed by atoms with Crippen molar-refractivity contribution in [3.63, 3.8) is 0 Å². The molecule has 0 fully saturated rings. The number of nitrogens with zero attached hydrogens (tertiary/aromatic N) is 3. The maximum Gasteiger partial charge on any atom is 0.315 e. The van der Waals surface area contributed by atoms with E-state index in [2.05, 4.69) is 20.7 Å². The number of amides is 2. The van der Waals surface area contributed by atoms with E-state index < -0.39 is 0 Å². The minimum atomic E-state index is -0.176. The van der Waals surface area contributed by atoms with Gasteiger partial charge in [0, 0.05) is 32.2 Å². The Morgan fingerprint density at radius 3 is 2.95 bits per heavy atom. The fraction of sp³-hybridized carbons (Fsp3) is 0.357. The topological polar surface area (TPSA) is 71.8 Å². The number of nitrogens with one attached hydrogen (secondary N) is 2. The van der Waals surface area contributed by atoms with Crippen molar-refractivity contribution in [1.82, 2.24) is 25.4 Å². The van der Waals surface area contributed by atoms with E-state index in [1.54, 1.807) is 23.3 Å². The summed E-state index contributed by atoms with van der Waals surface area (Å²) < 4.78 is 1.75. The van der Waals surface area contributed by atoms with Gasteiger partial charge in [0.1, 0.15) is 0 Å². The number of carbonyl (C=O) groups excluding carboxylic acids is 1. The number of aromatic nitrogens is 3. The molecule has 0 radical (unpaired) electrons. The largest absolute Gasteiger partial charge is 0.338 e. The quantitative estimate of drug-likeness (QED) is 0.865. The lowest BCUT2D eigenvalue weighted by atomic mass is 10.1. The Kier molecular flexibility index (Phi) is 4.70. The highest BCUT2D eigenvalue weighted by Gasteiger charge is 2.08. The standard InChI is InChI=1S/C14H19N5O/c1-11(13-4-3-6-15-9-13)18-14(20)16-7-5-12-8-17-19(2)10-12/h3-4,6,8-11H,5,7H2,1-2H3,(H2,16,18,20)/t11-/m0/s1. The van der Waals surface area contributed by atoms with Crippen LogP contribution in [-0.2, 0) is 13.5 Å². The maximum absolute atomic E-state index is 11.8. The average molecular weight is 273 g/mol. The highest BCUT2D eigenvalue weighted by atomic mass is 16.2. The first-order valence-corrected chi connectivity index (χ1v) is 6.57. The maximum atomic E-state index is 11.8. The Hall–Kier alpha value is -2.37. The van der Waals surface area contributed by atoms with E-state index in [1.807, 2.05) is 32.3 Å². The zero-order valence-electron chi connectivity index (χ0n) is 11.7. The molecule has 2 heterocycles. The average Bonchev–Trinajstić information content (AvgIpc) is 2.85. The molecule has 0 unspecified atom stereocenters. The highest BCUT2D eigenvalue weighted by Crippen LogP contribution is 2.09. The SMILES string of the molecule is C[C@H](NC(=O)NCCc1cnn(C)c1)c1cccnc1. The van der Waals surface area contributed by atoms with Gasteiger partial charge in [-0.25, -0.2) is 4.79 Å². The molecule has 6 nitrogen and oxygen atoms in total. The van der Waals surface area contributed by atoms with Crippen molar-refractivity contribution >= 4 is 6.03 Å². The lowest BCUT2D eigenvalue weighted by Gasteiger charge is -2.14. The van der Waals surface area contributed by atoms with Crippen LogP contribution in [-0.4, -0.2) is 27.3 Å². The van der Waals surface area contributed by atoms with Gasteiger partial charge in [-0.3, -0.25) is 9.67 Å². The number of aryl methyl sites for hydroxylation is 1. The molecule has 0 aliphatic carbocycles. The molecular weight excluding hydrogens is 254 g/mol. The van der Waals surface area contributed by atoms with Gasteiger partial charge in [-0.15, -0.1) is 0 Å². The summed E-state index contributed by atoms with van der Waals surface area (Å²) in [6, 6.07) is 3.55. The third-order valence-electron chi connectivity index (χ3n) is 2.99. The van der Waals surface area contributed by atoms with Crippen molar-refractivity contribution < 1.29 is 4.79 Å². The summed E-state index contributed by atoms with van der Waals surface area (Å²) in [7, 11) is 1.87. The third-order valence-corrected chi connectivity index (χ3v) is 2.99. The van der Waals surface area contributed by atoms with Gasteiger partial charge in [0.15, 0.2) is 0 Å². The van der Waals surface area contributed by atoms with Gasteiger partial charge in [-0.2, -0.15) is 5.10 Å². The van der Waals surface area contributed by atoms with Crippen molar-refractivity contribution in [3.8, 4) is 0 Å². The van der Waals surface area contributed by atoms with Crippen molar-refractivity contribution in [1.29, 1.82) is 0 Å². The van der Waals surface area contributed by atoms with Crippen LogP contribution in [0.5, 0.6) is 0 Å². The molecule has 106 valence electrons. The first-order chi connectivity index (χ1) is 9.65. The van der Waals surface area contributed by atoms with Crippen LogP contribution in [0.2, 0.25) is 0 Å². The van der Waals surface area contributed by atoms with E-state index in [4.69, 9.17) is 0 Å². The molecule has 6 heteroatoms. The van der Waals surface area contributed by atoms with E-state index in [1.165, 1.54) is 0 Å². The lowest BCUT2D eigenvalue weighted by Crippen LogP contribution is -2.38. The normalized spacial score (nSPS) is 11.9. The van der Waals surface area contributed by atoms with Gasteiger partial charge in [-0.05, 0) is 30.5 Å². The van der Waals surface area contributed by atoms with Crippen molar-refractivity contribution in [2.24, 2.45) is 7.05 Å². The summed E-state index contributed by atoms with van der Waals surface area (Å²) in [6.07, 6.45) is 7.98. The molecule has 2 N–H and O–H groups in total. The summed E-state index contributed by atoms with van der Waals surface area (Å²) in [5.41, 5.74) is 2.09. The molecule has 2 amide bonds. The van der Waals surface area contributed by atoms with Gasteiger partial charge in [0.25, 0.3) is 0 Å². The molecule has 0 spiro atoms. The Morgan fingerprint density at radius 2 is 2.30 bits per heavy atom. The van der Waals surface area contributed by atoms with Crippen molar-refractivity contribution in [3.05, 3.63) is 48.0 Å². The van der Waals surface area contributed by atoms with Crippen LogP contribution >= 0.6 is 0 Å². The molecule has 0 saturated heterocycles. The van der Waals surface area contributed by atoms with Crippen molar-refractivity contribution in [2.45, 2.75) is 19.4 Å². The number of carbonyl (C=O) groups is 1. The zero-order valence-corrected chi connectivity index (χ0v) is 11.7. The Labute approximate surface area is 118 Å². The molecule has 0 aromatic carbocycles. The molecule has 20 heavy (non-hydrogen) atoms. The van der Waals surface area contributed by atoms with Gasteiger partial charge >= 0.3 is 6.03 Å². The third kappa shape index (κ3) is 4.08. The number of urea groups is 1. The second kappa shape index (κ2) is 6.70. The molecule has 0 bridgehead atoms. The summed E-state index contributed by atoms with van der Waals surface area (Å²) >= 11 is 0. The molecule has 2 rings (SSSR count). The van der Waals surface area contributed by atoms with E-state index >= 15 is 0 Å². The van der Waals surface area contributed by atoms with Gasteiger partial charge in [0.2, 0.25) is 0 Å². The minimum Gasteiger partial charge on any atom is -0.338 e. The van der Waals surface area contributed by atoms with E-state index in [-0.39, 0.29) is 12.1 Å². The molecule has 0 aliphatic heterocycles. The van der Waals surface area contributed by atoms with E-state index in [9.17, 15) is 4.79 Å². The van der Waals surface area contributed by atoms with Crippen LogP contribution < -0.4 is 10.6 Å². The smallest absolute Gasteiger partial charge is 0.315 e. The second-order valence-corrected chi connectivity index (χ2v) is 4.68. The van der Waals surface area contributed by atoms with E-state index in [0.717, 1.165) is 17.5 Å². The first-order valence-electron chi connectivity index (χ1n) is 6.57. The number of hydrogen-bond acceptors (Lipinski definition) is 3. The highest BCUT2D eigenvalue weighted by molar-refractivity contribution is 5.74. The molecule has 0 saturated carbocycles. The van der Waals surface area contributed by atoms with Crippen LogP contribution in [0, 0.1) is 0 Å². The monoisotopic (exact) mass is 273 g/mol. The number of pyridine rings is 1. The molecule has 2 aromatic rings. The predicted octanol–water partition coefficient (Wildman–Crippen LogP) is 1.42. The fourth-order valence-corrected chi connectivity index (χ4v) is 1.88. The summed E-state index contributed by atoms with van der Waals surface area (Å²) in [6.45, 7) is 2.51. The Bertz CT molecular complexity index is 552. The Morgan fingerprint density at radius 1 is 1.45 bits per heavy atom. The number of hydrogen-bond donors (Lipinski definition) is 2. The van der Waals surface area contributed by atoms with Crippen LogP contribution in [0.25, 0.3) is 0 Å². The van der Waals surface area contributed by atoms with E-state index in [0.29, 0.717) is 6.54 Å². The summed E-state index contributed by atoms with van der Waals surface area (Å²) in [5, 5.41) is 9.79. The number of rotatable bonds is 5. The fourth-order valence-electron chi connectivity index (χ4n) is 1.88. The van der Waals surface area contributed by atoms with Gasteiger partial charge in [-0.1, -0.05) is 6.07 Å². The first kappa shape index (κ1) is 14.0. The van der Waals surface area contributed by atoms with Gasteiger partial charge < -0.3 is 10.6 Å². The molecule has 2 aromatic heterocycles. The Balaban J connectivity index is 1.73. The second-order valence-electron chi connectivity index (χ2n) is 4.68. The molecular formula is C14H19N5O. The van der Waals surface area contributed by atoms with Crippen LogP contribution in [0.15, 0.2) is 36.9 Å². The predicted molar refractivity (Wildman–Crippen MR) is 76.1 cm³/mol. The summed E-state index contributed by atoms with van der Waals surface area (Å²) in [5.74, 6) is 0. The van der Waals surface area contributed by atoms with Crippen LogP contribution in [0.3, 0.4) is 0 Å². The molecule has 1 atom stereocenters. The van der Waals surface area contributed by atoms with Crippen LogP contribution in [0.4, 0.5) is 4.79 Å². The lowest BCUT2D eigenvalue weighted by molar-refractivity contribution is 0.238. The van der Waals surface area contributed by atoms with Crippen LogP contribution in [0.1, 0.15) is 24.1 Å². The minimum absolute atomic E-state index is 0.0675. The van der Waals surface area contributed by atoms with Crippen molar-refractivity contribution in [2.75, 3.05) is 6.54 Å². The zero-order chi connectivity index (χ0) is 14.4. The molecule has 0 aliphatic rings. The summed E-state index contributed by atoms with van der Waals surface area (Å²) in [4.78, 5) is 15.8. The van der Waals surface area contributed by atoms with Gasteiger partial charge in [0.05, 0.1) is 12.2 Å².